The number of methoxy groups -OCH3 is 2. The van der Waals surface area contributed by atoms with Gasteiger partial charge in [-0.1, -0.05) is 18.2 Å². The van der Waals surface area contributed by atoms with Crippen molar-refractivity contribution >= 4 is 5.91 Å². The van der Waals surface area contributed by atoms with Gasteiger partial charge in [0, 0.05) is 46.3 Å². The summed E-state index contributed by atoms with van der Waals surface area (Å²) in [4.78, 5) is 18.8. The molecule has 3 rings (SSSR count). The Morgan fingerprint density at radius 1 is 0.933 bits per heavy atom. The van der Waals surface area contributed by atoms with Crippen LogP contribution in [-0.2, 0) is 17.9 Å². The van der Waals surface area contributed by atoms with Gasteiger partial charge in [-0.2, -0.15) is 0 Å². The molecule has 30 heavy (non-hydrogen) atoms. The second-order valence-electron chi connectivity index (χ2n) is 7.62. The third-order valence-corrected chi connectivity index (χ3v) is 5.44. The van der Waals surface area contributed by atoms with Crippen molar-refractivity contribution in [1.29, 1.82) is 0 Å². The number of benzene rings is 2. The molecule has 0 aromatic heterocycles. The molecule has 7 heteroatoms. The van der Waals surface area contributed by atoms with Crippen LogP contribution in [0.15, 0.2) is 42.5 Å². The van der Waals surface area contributed by atoms with Gasteiger partial charge in [-0.3, -0.25) is 14.6 Å². The van der Waals surface area contributed by atoms with E-state index in [0.717, 1.165) is 49.8 Å². The number of piperazine rings is 1. The Bertz CT molecular complexity index is 836. The summed E-state index contributed by atoms with van der Waals surface area (Å²) in [7, 11) is 5.07. The van der Waals surface area contributed by atoms with E-state index in [1.165, 1.54) is 17.7 Å². The van der Waals surface area contributed by atoms with Crippen molar-refractivity contribution in [2.75, 3.05) is 54.0 Å². The minimum absolute atomic E-state index is 0.0765. The number of hydrogen-bond acceptors (Lipinski definition) is 5. The minimum atomic E-state index is -0.265. The molecule has 0 aliphatic carbocycles. The summed E-state index contributed by atoms with van der Waals surface area (Å²) in [6, 6.07) is 12.3. The first-order valence-electron chi connectivity index (χ1n) is 10.1. The number of nitrogens with zero attached hydrogens (tertiary/aromatic N) is 3. The molecule has 162 valence electrons. The summed E-state index contributed by atoms with van der Waals surface area (Å²) in [5.41, 5.74) is 2.10. The summed E-state index contributed by atoms with van der Waals surface area (Å²) in [6.07, 6.45) is 0. The van der Waals surface area contributed by atoms with Crippen molar-refractivity contribution in [1.82, 2.24) is 14.7 Å². The second kappa shape index (κ2) is 10.4. The van der Waals surface area contributed by atoms with E-state index >= 15 is 0 Å². The Balaban J connectivity index is 1.45. The molecule has 0 bridgehead atoms. The molecule has 1 saturated heterocycles. The molecule has 0 unspecified atom stereocenters. The lowest BCUT2D eigenvalue weighted by Gasteiger charge is -2.35. The van der Waals surface area contributed by atoms with Crippen molar-refractivity contribution < 1.29 is 18.7 Å². The maximum Gasteiger partial charge on any atom is 0.236 e. The van der Waals surface area contributed by atoms with Crippen molar-refractivity contribution in [3.8, 4) is 11.5 Å². The minimum Gasteiger partial charge on any atom is -0.493 e. The van der Waals surface area contributed by atoms with Gasteiger partial charge in [-0.25, -0.2) is 4.39 Å². The zero-order valence-corrected chi connectivity index (χ0v) is 17.9. The molecular weight excluding hydrogens is 385 g/mol. The number of halogens is 1. The van der Waals surface area contributed by atoms with E-state index in [2.05, 4.69) is 15.9 Å². The van der Waals surface area contributed by atoms with Crippen molar-refractivity contribution in [2.24, 2.45) is 0 Å². The van der Waals surface area contributed by atoms with Crippen molar-refractivity contribution in [3.05, 3.63) is 59.4 Å². The average Bonchev–Trinajstić information content (AvgIpc) is 2.76. The van der Waals surface area contributed by atoms with E-state index in [-0.39, 0.29) is 11.7 Å². The van der Waals surface area contributed by atoms with Crippen LogP contribution in [0.1, 0.15) is 11.1 Å². The fourth-order valence-corrected chi connectivity index (χ4v) is 3.61. The summed E-state index contributed by atoms with van der Waals surface area (Å²) in [5.74, 6) is 1.28. The van der Waals surface area contributed by atoms with Crippen LogP contribution >= 0.6 is 0 Å². The molecule has 1 fully saturated rings. The second-order valence-corrected chi connectivity index (χ2v) is 7.62. The Morgan fingerprint density at radius 2 is 1.53 bits per heavy atom. The number of carbonyl (C=O) groups excluding carboxylic acids is 1. The quantitative estimate of drug-likeness (QED) is 0.663. The van der Waals surface area contributed by atoms with Crippen LogP contribution in [0.4, 0.5) is 4.39 Å². The third kappa shape index (κ3) is 5.93. The van der Waals surface area contributed by atoms with Crippen molar-refractivity contribution in [2.45, 2.75) is 13.1 Å². The van der Waals surface area contributed by atoms with Gasteiger partial charge < -0.3 is 14.4 Å². The monoisotopic (exact) mass is 415 g/mol. The van der Waals surface area contributed by atoms with Gasteiger partial charge in [0.05, 0.1) is 20.8 Å². The molecule has 1 heterocycles. The molecule has 2 aromatic carbocycles. The number of carbonyl (C=O) groups is 1. The summed E-state index contributed by atoms with van der Waals surface area (Å²) in [5, 5.41) is 0. The standard InChI is InChI=1S/C23H30FN3O3/c1-25(15-18-4-7-20(24)8-5-18)23(28)17-27-12-10-26(11-13-27)16-19-6-9-21(29-2)22(14-19)30-3/h4-9,14H,10-13,15-17H2,1-3H3. The lowest BCUT2D eigenvalue weighted by molar-refractivity contribution is -0.132. The first-order chi connectivity index (χ1) is 14.5. The van der Waals surface area contributed by atoms with E-state index in [0.29, 0.717) is 13.1 Å². The highest BCUT2D eigenvalue weighted by atomic mass is 19.1. The first-order valence-corrected chi connectivity index (χ1v) is 10.1. The highest BCUT2D eigenvalue weighted by molar-refractivity contribution is 5.78. The molecule has 0 radical (unpaired) electrons. The normalized spacial score (nSPS) is 15.1. The van der Waals surface area contributed by atoms with Crippen LogP contribution in [0, 0.1) is 5.82 Å². The Hall–Kier alpha value is -2.64. The predicted molar refractivity (Wildman–Crippen MR) is 114 cm³/mol. The van der Waals surface area contributed by atoms with E-state index in [4.69, 9.17) is 9.47 Å². The molecule has 2 aromatic rings. The Labute approximate surface area is 177 Å². The van der Waals surface area contributed by atoms with Gasteiger partial charge in [-0.15, -0.1) is 0 Å². The maximum atomic E-state index is 13.0. The van der Waals surface area contributed by atoms with Crippen LogP contribution in [0.25, 0.3) is 0 Å². The van der Waals surface area contributed by atoms with E-state index in [9.17, 15) is 9.18 Å². The van der Waals surface area contributed by atoms with E-state index in [1.54, 1.807) is 38.3 Å². The lowest BCUT2D eigenvalue weighted by Crippen LogP contribution is -2.49. The molecule has 0 atom stereocenters. The van der Waals surface area contributed by atoms with Gasteiger partial charge in [0.2, 0.25) is 5.91 Å². The molecule has 1 aliphatic heterocycles. The third-order valence-electron chi connectivity index (χ3n) is 5.44. The van der Waals surface area contributed by atoms with Gasteiger partial charge in [0.15, 0.2) is 11.5 Å². The fraction of sp³-hybridized carbons (Fsp3) is 0.435. The van der Waals surface area contributed by atoms with Crippen LogP contribution in [0.2, 0.25) is 0 Å². The van der Waals surface area contributed by atoms with Gasteiger partial charge in [0.1, 0.15) is 5.82 Å². The van der Waals surface area contributed by atoms with Gasteiger partial charge in [0.25, 0.3) is 0 Å². The molecular formula is C23H30FN3O3. The largest absolute Gasteiger partial charge is 0.493 e. The maximum absolute atomic E-state index is 13.0. The zero-order chi connectivity index (χ0) is 21.5. The van der Waals surface area contributed by atoms with Gasteiger partial charge >= 0.3 is 0 Å². The average molecular weight is 416 g/mol. The Morgan fingerprint density at radius 3 is 2.17 bits per heavy atom. The topological polar surface area (TPSA) is 45.2 Å². The number of amides is 1. The highest BCUT2D eigenvalue weighted by Gasteiger charge is 2.21. The van der Waals surface area contributed by atoms with E-state index in [1.807, 2.05) is 12.1 Å². The SMILES string of the molecule is COc1ccc(CN2CCN(CC(=O)N(C)Cc3ccc(F)cc3)CC2)cc1OC. The molecule has 1 amide bonds. The predicted octanol–water partition coefficient (Wildman–Crippen LogP) is 2.62. The molecule has 0 saturated carbocycles. The fourth-order valence-electron chi connectivity index (χ4n) is 3.61. The van der Waals surface area contributed by atoms with Crippen LogP contribution in [0.5, 0.6) is 11.5 Å². The summed E-state index contributed by atoms with van der Waals surface area (Å²) < 4.78 is 23.7. The van der Waals surface area contributed by atoms with Crippen LogP contribution < -0.4 is 9.47 Å². The number of rotatable bonds is 8. The number of likely N-dealkylation sites (N-methyl/N-ethyl adjacent to an activating group) is 1. The zero-order valence-electron chi connectivity index (χ0n) is 17.9. The van der Waals surface area contributed by atoms with Crippen LogP contribution in [-0.4, -0.2) is 74.6 Å². The summed E-state index contributed by atoms with van der Waals surface area (Å²) >= 11 is 0. The summed E-state index contributed by atoms with van der Waals surface area (Å²) in [6.45, 7) is 5.24. The number of ether oxygens (including phenoxy) is 2. The first kappa shape index (κ1) is 22.1. The molecule has 1 aliphatic rings. The van der Waals surface area contributed by atoms with Crippen molar-refractivity contribution in [3.63, 3.8) is 0 Å². The Kier molecular flexibility index (Phi) is 7.65. The number of hydrogen-bond donors (Lipinski definition) is 0. The smallest absolute Gasteiger partial charge is 0.236 e. The molecule has 0 spiro atoms. The van der Waals surface area contributed by atoms with Gasteiger partial charge in [-0.05, 0) is 35.4 Å². The van der Waals surface area contributed by atoms with E-state index < -0.39 is 0 Å². The highest BCUT2D eigenvalue weighted by Crippen LogP contribution is 2.28. The molecule has 6 nitrogen and oxygen atoms in total. The molecule has 0 N–H and O–H groups in total. The van der Waals surface area contributed by atoms with Crippen LogP contribution in [0.3, 0.4) is 0 Å². The lowest BCUT2D eigenvalue weighted by atomic mass is 10.1.